The van der Waals surface area contributed by atoms with Crippen molar-refractivity contribution in [2.75, 3.05) is 11.9 Å². The molecule has 0 aliphatic rings. The first-order chi connectivity index (χ1) is 9.58. The van der Waals surface area contributed by atoms with Crippen molar-refractivity contribution in [1.82, 2.24) is 0 Å². The Morgan fingerprint density at radius 2 is 1.70 bits per heavy atom. The predicted octanol–water partition coefficient (Wildman–Crippen LogP) is 5.85. The molecule has 1 nitrogen and oxygen atoms in total. The van der Waals surface area contributed by atoms with E-state index in [0.717, 1.165) is 12.2 Å². The van der Waals surface area contributed by atoms with E-state index in [-0.39, 0.29) is 0 Å². The number of nitrogens with one attached hydrogen (secondary N) is 1. The summed E-state index contributed by atoms with van der Waals surface area (Å²) in [5, 5.41) is 4.81. The van der Waals surface area contributed by atoms with Crippen LogP contribution in [0.3, 0.4) is 0 Å². The van der Waals surface area contributed by atoms with Gasteiger partial charge in [0.05, 0.1) is 10.7 Å². The van der Waals surface area contributed by atoms with Gasteiger partial charge in [0, 0.05) is 17.5 Å². The van der Waals surface area contributed by atoms with Gasteiger partial charge in [0.15, 0.2) is 0 Å². The fourth-order valence-electron chi connectivity index (χ4n) is 2.29. The van der Waals surface area contributed by atoms with E-state index in [1.807, 2.05) is 18.2 Å². The third-order valence-electron chi connectivity index (χ3n) is 3.47. The molecule has 0 radical (unpaired) electrons. The Balaban J connectivity index is 2.12. The molecule has 0 heterocycles. The van der Waals surface area contributed by atoms with E-state index in [1.54, 1.807) is 6.07 Å². The Kier molecular flexibility index (Phi) is 5.33. The van der Waals surface area contributed by atoms with Crippen LogP contribution < -0.4 is 5.32 Å². The van der Waals surface area contributed by atoms with Gasteiger partial charge in [-0.1, -0.05) is 67.4 Å². The first-order valence-electron chi connectivity index (χ1n) is 6.82. The smallest absolute Gasteiger partial charge is 0.0638 e. The van der Waals surface area contributed by atoms with Crippen LogP contribution in [0.25, 0.3) is 0 Å². The van der Waals surface area contributed by atoms with Crippen LogP contribution in [0, 0.1) is 5.92 Å². The number of halogens is 2. The summed E-state index contributed by atoms with van der Waals surface area (Å²) in [4.78, 5) is 0. The highest BCUT2D eigenvalue weighted by Crippen LogP contribution is 2.29. The van der Waals surface area contributed by atoms with Crippen LogP contribution in [0.4, 0.5) is 5.69 Å². The standard InChI is InChI=1S/C17H19Cl2N/c1-12(2)15(13-6-4-3-5-7-13)11-20-17-10-14(18)8-9-16(17)19/h3-10,12,15,20H,11H2,1-2H3. The molecule has 0 bridgehead atoms. The van der Waals surface area contributed by atoms with Crippen molar-refractivity contribution in [3.8, 4) is 0 Å². The summed E-state index contributed by atoms with van der Waals surface area (Å²) >= 11 is 12.2. The predicted molar refractivity (Wildman–Crippen MR) is 89.0 cm³/mol. The van der Waals surface area contributed by atoms with Crippen molar-refractivity contribution >= 4 is 28.9 Å². The summed E-state index contributed by atoms with van der Waals surface area (Å²) in [5.74, 6) is 0.981. The molecular formula is C17H19Cl2N. The van der Waals surface area contributed by atoms with Crippen LogP contribution in [0.2, 0.25) is 10.0 Å². The average molecular weight is 308 g/mol. The maximum atomic E-state index is 6.18. The van der Waals surface area contributed by atoms with Crippen molar-refractivity contribution in [1.29, 1.82) is 0 Å². The second kappa shape index (κ2) is 7.01. The van der Waals surface area contributed by atoms with Crippen molar-refractivity contribution < 1.29 is 0 Å². The van der Waals surface area contributed by atoms with E-state index < -0.39 is 0 Å². The zero-order valence-electron chi connectivity index (χ0n) is 11.7. The second-order valence-electron chi connectivity index (χ2n) is 5.27. The zero-order valence-corrected chi connectivity index (χ0v) is 13.2. The van der Waals surface area contributed by atoms with Crippen molar-refractivity contribution in [3.63, 3.8) is 0 Å². The summed E-state index contributed by atoms with van der Waals surface area (Å²) in [6.45, 7) is 5.31. The summed E-state index contributed by atoms with van der Waals surface area (Å²) < 4.78 is 0. The summed E-state index contributed by atoms with van der Waals surface area (Å²) in [6.07, 6.45) is 0. The van der Waals surface area contributed by atoms with Crippen LogP contribution in [0.5, 0.6) is 0 Å². The van der Waals surface area contributed by atoms with Crippen molar-refractivity contribution in [3.05, 3.63) is 64.1 Å². The largest absolute Gasteiger partial charge is 0.383 e. The van der Waals surface area contributed by atoms with Crippen LogP contribution >= 0.6 is 23.2 Å². The van der Waals surface area contributed by atoms with Crippen LogP contribution in [0.1, 0.15) is 25.3 Å². The van der Waals surface area contributed by atoms with Gasteiger partial charge in [-0.25, -0.2) is 0 Å². The van der Waals surface area contributed by atoms with Gasteiger partial charge in [0.2, 0.25) is 0 Å². The average Bonchev–Trinajstić information content (AvgIpc) is 2.43. The molecule has 106 valence electrons. The molecule has 0 aromatic heterocycles. The quantitative estimate of drug-likeness (QED) is 0.731. The highest BCUT2D eigenvalue weighted by atomic mass is 35.5. The molecule has 2 aromatic carbocycles. The van der Waals surface area contributed by atoms with Gasteiger partial charge in [0.1, 0.15) is 0 Å². The minimum Gasteiger partial charge on any atom is -0.383 e. The molecule has 0 fully saturated rings. The maximum absolute atomic E-state index is 6.18. The SMILES string of the molecule is CC(C)C(CNc1cc(Cl)ccc1Cl)c1ccccc1. The Morgan fingerprint density at radius 1 is 1.00 bits per heavy atom. The maximum Gasteiger partial charge on any atom is 0.0638 e. The van der Waals surface area contributed by atoms with E-state index in [2.05, 4.69) is 43.4 Å². The van der Waals surface area contributed by atoms with E-state index in [9.17, 15) is 0 Å². The lowest BCUT2D eigenvalue weighted by Gasteiger charge is -2.23. The van der Waals surface area contributed by atoms with Gasteiger partial charge in [-0.15, -0.1) is 0 Å². The Bertz CT molecular complexity index is 552. The molecular weight excluding hydrogens is 289 g/mol. The Hall–Kier alpha value is -1.18. The molecule has 0 saturated carbocycles. The summed E-state index contributed by atoms with van der Waals surface area (Å²) in [5.41, 5.74) is 2.23. The van der Waals surface area contributed by atoms with Gasteiger partial charge in [-0.3, -0.25) is 0 Å². The van der Waals surface area contributed by atoms with E-state index >= 15 is 0 Å². The van der Waals surface area contributed by atoms with E-state index in [4.69, 9.17) is 23.2 Å². The molecule has 1 unspecified atom stereocenters. The van der Waals surface area contributed by atoms with E-state index in [0.29, 0.717) is 21.9 Å². The van der Waals surface area contributed by atoms with Gasteiger partial charge >= 0.3 is 0 Å². The third-order valence-corrected chi connectivity index (χ3v) is 4.04. The van der Waals surface area contributed by atoms with Crippen LogP contribution in [-0.4, -0.2) is 6.54 Å². The monoisotopic (exact) mass is 307 g/mol. The minimum absolute atomic E-state index is 0.436. The lowest BCUT2D eigenvalue weighted by Crippen LogP contribution is -2.17. The topological polar surface area (TPSA) is 12.0 Å². The van der Waals surface area contributed by atoms with Crippen molar-refractivity contribution in [2.45, 2.75) is 19.8 Å². The molecule has 0 spiro atoms. The molecule has 2 rings (SSSR count). The summed E-state index contributed by atoms with van der Waals surface area (Å²) in [6, 6.07) is 16.0. The van der Waals surface area contributed by atoms with Crippen molar-refractivity contribution in [2.24, 2.45) is 5.92 Å². The molecule has 0 aliphatic heterocycles. The Labute approximate surface area is 130 Å². The molecule has 2 aromatic rings. The fourth-order valence-corrected chi connectivity index (χ4v) is 2.65. The van der Waals surface area contributed by atoms with Gasteiger partial charge in [0.25, 0.3) is 0 Å². The lowest BCUT2D eigenvalue weighted by atomic mass is 9.88. The second-order valence-corrected chi connectivity index (χ2v) is 6.11. The fraction of sp³-hybridized carbons (Fsp3) is 0.294. The first kappa shape index (κ1) is 15.2. The molecule has 1 N–H and O–H groups in total. The normalized spacial score (nSPS) is 12.4. The van der Waals surface area contributed by atoms with Gasteiger partial charge in [-0.05, 0) is 29.7 Å². The van der Waals surface area contributed by atoms with Crippen LogP contribution in [-0.2, 0) is 0 Å². The zero-order chi connectivity index (χ0) is 14.5. The van der Waals surface area contributed by atoms with Crippen LogP contribution in [0.15, 0.2) is 48.5 Å². The number of rotatable bonds is 5. The highest BCUT2D eigenvalue weighted by Gasteiger charge is 2.15. The van der Waals surface area contributed by atoms with E-state index in [1.165, 1.54) is 5.56 Å². The number of benzene rings is 2. The van der Waals surface area contributed by atoms with Gasteiger partial charge in [-0.2, -0.15) is 0 Å². The number of hydrogen-bond donors (Lipinski definition) is 1. The molecule has 0 saturated heterocycles. The number of anilines is 1. The number of hydrogen-bond acceptors (Lipinski definition) is 1. The first-order valence-corrected chi connectivity index (χ1v) is 7.57. The van der Waals surface area contributed by atoms with Gasteiger partial charge < -0.3 is 5.32 Å². The molecule has 3 heteroatoms. The lowest BCUT2D eigenvalue weighted by molar-refractivity contribution is 0.517. The third kappa shape index (κ3) is 3.91. The molecule has 0 aliphatic carbocycles. The molecule has 20 heavy (non-hydrogen) atoms. The highest BCUT2D eigenvalue weighted by molar-refractivity contribution is 6.35. The molecule has 1 atom stereocenters. The minimum atomic E-state index is 0.436. The Morgan fingerprint density at radius 3 is 2.35 bits per heavy atom. The molecule has 0 amide bonds. The summed E-state index contributed by atoms with van der Waals surface area (Å²) in [7, 11) is 0.